The molecule has 3 nitrogen and oxygen atoms in total. The van der Waals surface area contributed by atoms with E-state index in [4.69, 9.17) is 4.74 Å². The zero-order valence-electron chi connectivity index (χ0n) is 12.2. The summed E-state index contributed by atoms with van der Waals surface area (Å²) in [6.07, 6.45) is 0.104. The SMILES string of the molecule is CC(C)c1ccc(C(=O)N2CCOC(C)C2C)cc1. The van der Waals surface area contributed by atoms with Crippen molar-refractivity contribution in [3.05, 3.63) is 35.4 Å². The van der Waals surface area contributed by atoms with Crippen molar-refractivity contribution in [2.75, 3.05) is 13.2 Å². The predicted molar refractivity (Wildman–Crippen MR) is 76.4 cm³/mol. The molecule has 1 aliphatic rings. The van der Waals surface area contributed by atoms with E-state index in [0.29, 0.717) is 19.1 Å². The van der Waals surface area contributed by atoms with Crippen LogP contribution < -0.4 is 0 Å². The van der Waals surface area contributed by atoms with Crippen LogP contribution in [0.15, 0.2) is 24.3 Å². The highest BCUT2D eigenvalue weighted by molar-refractivity contribution is 5.94. The Morgan fingerprint density at radius 2 is 1.89 bits per heavy atom. The van der Waals surface area contributed by atoms with Crippen molar-refractivity contribution in [2.45, 2.75) is 45.8 Å². The van der Waals surface area contributed by atoms with Crippen LogP contribution in [0.4, 0.5) is 0 Å². The first-order valence-electron chi connectivity index (χ1n) is 7.03. The van der Waals surface area contributed by atoms with Crippen LogP contribution in [-0.2, 0) is 4.74 Å². The molecule has 0 spiro atoms. The number of ether oxygens (including phenoxy) is 1. The number of nitrogens with zero attached hydrogens (tertiary/aromatic N) is 1. The molecule has 0 aliphatic carbocycles. The Balaban J connectivity index is 2.14. The van der Waals surface area contributed by atoms with Gasteiger partial charge in [0.1, 0.15) is 0 Å². The molecule has 0 aromatic heterocycles. The normalized spacial score (nSPS) is 23.7. The first-order valence-corrected chi connectivity index (χ1v) is 7.03. The van der Waals surface area contributed by atoms with Crippen LogP contribution in [0.25, 0.3) is 0 Å². The predicted octanol–water partition coefficient (Wildman–Crippen LogP) is 3.06. The second-order valence-electron chi connectivity index (χ2n) is 5.59. The Morgan fingerprint density at radius 1 is 1.26 bits per heavy atom. The molecule has 0 saturated carbocycles. The van der Waals surface area contributed by atoms with Crippen molar-refractivity contribution in [2.24, 2.45) is 0 Å². The van der Waals surface area contributed by atoms with Crippen LogP contribution in [0.3, 0.4) is 0 Å². The lowest BCUT2D eigenvalue weighted by molar-refractivity contribution is -0.0440. The highest BCUT2D eigenvalue weighted by atomic mass is 16.5. The lowest BCUT2D eigenvalue weighted by atomic mass is 10.0. The molecule has 1 amide bonds. The fourth-order valence-corrected chi connectivity index (χ4v) is 2.40. The van der Waals surface area contributed by atoms with Gasteiger partial charge in [-0.2, -0.15) is 0 Å². The molecule has 2 rings (SSSR count). The third-order valence-corrected chi connectivity index (χ3v) is 3.97. The Bertz CT molecular complexity index is 439. The van der Waals surface area contributed by atoms with Gasteiger partial charge in [-0.3, -0.25) is 4.79 Å². The van der Waals surface area contributed by atoms with Gasteiger partial charge in [-0.05, 0) is 37.5 Å². The van der Waals surface area contributed by atoms with Crippen LogP contribution in [0.2, 0.25) is 0 Å². The van der Waals surface area contributed by atoms with E-state index in [9.17, 15) is 4.79 Å². The second kappa shape index (κ2) is 5.74. The van der Waals surface area contributed by atoms with E-state index in [1.165, 1.54) is 5.56 Å². The van der Waals surface area contributed by atoms with Gasteiger partial charge in [-0.1, -0.05) is 26.0 Å². The summed E-state index contributed by atoms with van der Waals surface area (Å²) in [6.45, 7) is 9.68. The Labute approximate surface area is 115 Å². The quantitative estimate of drug-likeness (QED) is 0.819. The average Bonchev–Trinajstić information content (AvgIpc) is 2.41. The van der Waals surface area contributed by atoms with Gasteiger partial charge in [0.15, 0.2) is 0 Å². The average molecular weight is 261 g/mol. The van der Waals surface area contributed by atoms with Gasteiger partial charge in [-0.25, -0.2) is 0 Å². The molecule has 1 fully saturated rings. The molecule has 19 heavy (non-hydrogen) atoms. The number of morpholine rings is 1. The third kappa shape index (κ3) is 2.98. The topological polar surface area (TPSA) is 29.5 Å². The zero-order chi connectivity index (χ0) is 14.0. The van der Waals surface area contributed by atoms with E-state index in [-0.39, 0.29) is 18.1 Å². The molecule has 104 valence electrons. The zero-order valence-corrected chi connectivity index (χ0v) is 12.2. The van der Waals surface area contributed by atoms with Crippen LogP contribution in [-0.4, -0.2) is 36.1 Å². The van der Waals surface area contributed by atoms with E-state index in [1.54, 1.807) is 0 Å². The lowest BCUT2D eigenvalue weighted by Crippen LogP contribution is -2.51. The molecule has 1 aromatic carbocycles. The van der Waals surface area contributed by atoms with Crippen molar-refractivity contribution in [3.8, 4) is 0 Å². The fraction of sp³-hybridized carbons (Fsp3) is 0.562. The van der Waals surface area contributed by atoms with Gasteiger partial charge >= 0.3 is 0 Å². The number of benzene rings is 1. The molecule has 1 aliphatic heterocycles. The van der Waals surface area contributed by atoms with Crippen molar-refractivity contribution >= 4 is 5.91 Å². The molecule has 3 heteroatoms. The number of hydrogen-bond acceptors (Lipinski definition) is 2. The monoisotopic (exact) mass is 261 g/mol. The van der Waals surface area contributed by atoms with E-state index < -0.39 is 0 Å². The van der Waals surface area contributed by atoms with Gasteiger partial charge in [0, 0.05) is 12.1 Å². The summed E-state index contributed by atoms with van der Waals surface area (Å²) in [6, 6.07) is 8.10. The van der Waals surface area contributed by atoms with Gasteiger partial charge in [-0.15, -0.1) is 0 Å². The lowest BCUT2D eigenvalue weighted by Gasteiger charge is -2.37. The summed E-state index contributed by atoms with van der Waals surface area (Å²) in [5, 5.41) is 0. The van der Waals surface area contributed by atoms with Crippen molar-refractivity contribution < 1.29 is 9.53 Å². The number of rotatable bonds is 2. The van der Waals surface area contributed by atoms with E-state index in [1.807, 2.05) is 43.0 Å². The van der Waals surface area contributed by atoms with Crippen LogP contribution in [0.5, 0.6) is 0 Å². The second-order valence-corrected chi connectivity index (χ2v) is 5.59. The Hall–Kier alpha value is -1.35. The molecule has 0 radical (unpaired) electrons. The number of carbonyl (C=O) groups is 1. The number of amides is 1. The van der Waals surface area contributed by atoms with Gasteiger partial charge < -0.3 is 9.64 Å². The largest absolute Gasteiger partial charge is 0.375 e. The molecule has 0 bridgehead atoms. The maximum absolute atomic E-state index is 12.5. The van der Waals surface area contributed by atoms with E-state index in [0.717, 1.165) is 5.56 Å². The van der Waals surface area contributed by atoms with Gasteiger partial charge in [0.05, 0.1) is 18.8 Å². The molecule has 2 atom stereocenters. The van der Waals surface area contributed by atoms with Gasteiger partial charge in [0.25, 0.3) is 5.91 Å². The summed E-state index contributed by atoms with van der Waals surface area (Å²) in [7, 11) is 0. The van der Waals surface area contributed by atoms with Crippen LogP contribution >= 0.6 is 0 Å². The highest BCUT2D eigenvalue weighted by Gasteiger charge is 2.29. The fourth-order valence-electron chi connectivity index (χ4n) is 2.40. The Kier molecular flexibility index (Phi) is 4.25. The van der Waals surface area contributed by atoms with Gasteiger partial charge in [0.2, 0.25) is 0 Å². The summed E-state index contributed by atoms with van der Waals surface area (Å²) in [5.41, 5.74) is 2.03. The highest BCUT2D eigenvalue weighted by Crippen LogP contribution is 2.19. The van der Waals surface area contributed by atoms with Crippen molar-refractivity contribution in [1.29, 1.82) is 0 Å². The molecule has 1 aromatic rings. The first kappa shape index (κ1) is 14.1. The van der Waals surface area contributed by atoms with E-state index >= 15 is 0 Å². The van der Waals surface area contributed by atoms with Crippen LogP contribution in [0.1, 0.15) is 49.5 Å². The maximum Gasteiger partial charge on any atom is 0.254 e. The molecule has 2 unspecified atom stereocenters. The molecule has 1 heterocycles. The summed E-state index contributed by atoms with van der Waals surface area (Å²) in [5.74, 6) is 0.601. The Morgan fingerprint density at radius 3 is 2.47 bits per heavy atom. The molecule has 0 N–H and O–H groups in total. The van der Waals surface area contributed by atoms with Crippen molar-refractivity contribution in [1.82, 2.24) is 4.90 Å². The molecule has 1 saturated heterocycles. The summed E-state index contributed by atoms with van der Waals surface area (Å²) >= 11 is 0. The smallest absolute Gasteiger partial charge is 0.254 e. The van der Waals surface area contributed by atoms with Crippen molar-refractivity contribution in [3.63, 3.8) is 0 Å². The minimum Gasteiger partial charge on any atom is -0.375 e. The third-order valence-electron chi connectivity index (χ3n) is 3.97. The summed E-state index contributed by atoms with van der Waals surface area (Å²) in [4.78, 5) is 14.4. The summed E-state index contributed by atoms with van der Waals surface area (Å²) < 4.78 is 5.56. The van der Waals surface area contributed by atoms with E-state index in [2.05, 4.69) is 13.8 Å². The standard InChI is InChI=1S/C16H23NO2/c1-11(2)14-5-7-15(8-6-14)16(18)17-9-10-19-13(4)12(17)3/h5-8,11-13H,9-10H2,1-4H3. The number of hydrogen-bond donors (Lipinski definition) is 0. The van der Waals surface area contributed by atoms with Crippen LogP contribution in [0, 0.1) is 0 Å². The maximum atomic E-state index is 12.5. The minimum absolute atomic E-state index is 0.104. The first-order chi connectivity index (χ1) is 9.00. The number of carbonyl (C=O) groups excluding carboxylic acids is 1. The molecular weight excluding hydrogens is 238 g/mol. The minimum atomic E-state index is 0.104. The molecular formula is C16H23NO2.